The lowest BCUT2D eigenvalue weighted by molar-refractivity contribution is 0.103. The Kier molecular flexibility index (Phi) is 4.10. The predicted molar refractivity (Wildman–Crippen MR) is 71.6 cm³/mol. The first-order chi connectivity index (χ1) is 8.88. The molecule has 2 rings (SSSR count). The summed E-state index contributed by atoms with van der Waals surface area (Å²) in [4.78, 5) is 12.1. The van der Waals surface area contributed by atoms with Crippen molar-refractivity contribution in [3.8, 4) is 0 Å². The largest absolute Gasteiger partial charge is 0.288 e. The van der Waals surface area contributed by atoms with Gasteiger partial charge in [0.1, 0.15) is 17.5 Å². The molecule has 6 heteroatoms. The third kappa shape index (κ3) is 3.06. The zero-order chi connectivity index (χ0) is 14.2. The fourth-order valence-corrected chi connectivity index (χ4v) is 2.88. The molecule has 0 aliphatic rings. The molecule has 0 amide bonds. The maximum atomic E-state index is 13.5. The summed E-state index contributed by atoms with van der Waals surface area (Å²) in [5.41, 5.74) is -0.683. The van der Waals surface area contributed by atoms with Gasteiger partial charge < -0.3 is 0 Å². The maximum Gasteiger partial charge on any atom is 0.199 e. The molecular weight excluding hydrogens is 389 g/mol. The van der Waals surface area contributed by atoms with Crippen LogP contribution in [0.25, 0.3) is 0 Å². The van der Waals surface area contributed by atoms with Gasteiger partial charge in [0, 0.05) is 26.6 Å². The minimum absolute atomic E-state index is 0.0886. The van der Waals surface area contributed by atoms with E-state index in [0.29, 0.717) is 21.1 Å². The minimum atomic E-state index is -1.22. The van der Waals surface area contributed by atoms with Crippen LogP contribution < -0.4 is 0 Å². The molecule has 0 bridgehead atoms. The first-order valence-corrected chi connectivity index (χ1v) is 6.62. The summed E-state index contributed by atoms with van der Waals surface area (Å²) in [7, 11) is 0. The first-order valence-electron chi connectivity index (χ1n) is 5.04. The van der Waals surface area contributed by atoms with E-state index in [1.807, 2.05) is 0 Å². The lowest BCUT2D eigenvalue weighted by Crippen LogP contribution is -2.08. The van der Waals surface area contributed by atoms with Gasteiger partial charge in [0.15, 0.2) is 5.78 Å². The average Bonchev–Trinajstić information content (AvgIpc) is 2.25. The van der Waals surface area contributed by atoms with E-state index in [1.165, 1.54) is 12.1 Å². The molecule has 2 aromatic carbocycles. The number of rotatable bonds is 2. The average molecular weight is 394 g/mol. The van der Waals surface area contributed by atoms with Crippen molar-refractivity contribution in [3.63, 3.8) is 0 Å². The Bertz CT molecular complexity index is 628. The molecule has 0 aliphatic heterocycles. The summed E-state index contributed by atoms with van der Waals surface area (Å²) in [6, 6.07) is 5.48. The number of ketones is 1. The standard InChI is InChI=1S/C13H5Br2F3O/c14-7-1-6(2-8(15)3-7)13(19)12-10(17)4-9(16)5-11(12)18/h1-5H. The van der Waals surface area contributed by atoms with E-state index in [-0.39, 0.29) is 5.56 Å². The number of hydrogen-bond acceptors (Lipinski definition) is 1. The Balaban J connectivity index is 2.56. The highest BCUT2D eigenvalue weighted by Crippen LogP contribution is 2.24. The van der Waals surface area contributed by atoms with Crippen LogP contribution in [-0.4, -0.2) is 5.78 Å². The van der Waals surface area contributed by atoms with Crippen LogP contribution in [0.4, 0.5) is 13.2 Å². The van der Waals surface area contributed by atoms with Crippen LogP contribution in [0.15, 0.2) is 39.3 Å². The molecule has 0 saturated carbocycles. The van der Waals surface area contributed by atoms with Crippen molar-refractivity contribution in [2.75, 3.05) is 0 Å². The second kappa shape index (κ2) is 5.46. The zero-order valence-electron chi connectivity index (χ0n) is 9.18. The van der Waals surface area contributed by atoms with Gasteiger partial charge in [-0.3, -0.25) is 4.79 Å². The normalized spacial score (nSPS) is 10.6. The Morgan fingerprint density at radius 2 is 1.32 bits per heavy atom. The SMILES string of the molecule is O=C(c1cc(Br)cc(Br)c1)c1c(F)cc(F)cc1F. The van der Waals surface area contributed by atoms with Gasteiger partial charge in [0.05, 0.1) is 5.56 Å². The van der Waals surface area contributed by atoms with Gasteiger partial charge in [0.2, 0.25) is 0 Å². The van der Waals surface area contributed by atoms with Gasteiger partial charge in [-0.2, -0.15) is 0 Å². The molecular formula is C13H5Br2F3O. The third-order valence-corrected chi connectivity index (χ3v) is 3.27. The van der Waals surface area contributed by atoms with Crippen molar-refractivity contribution in [3.05, 3.63) is 67.9 Å². The molecule has 0 fully saturated rings. The predicted octanol–water partition coefficient (Wildman–Crippen LogP) is 4.86. The summed E-state index contributed by atoms with van der Waals surface area (Å²) >= 11 is 6.35. The van der Waals surface area contributed by atoms with Crippen LogP contribution in [-0.2, 0) is 0 Å². The van der Waals surface area contributed by atoms with E-state index in [1.54, 1.807) is 6.07 Å². The van der Waals surface area contributed by atoms with Gasteiger partial charge in [-0.15, -0.1) is 0 Å². The van der Waals surface area contributed by atoms with Crippen molar-refractivity contribution < 1.29 is 18.0 Å². The van der Waals surface area contributed by atoms with Crippen LogP contribution in [0.1, 0.15) is 15.9 Å². The quantitative estimate of drug-likeness (QED) is 0.666. The molecule has 0 atom stereocenters. The second-order valence-electron chi connectivity index (χ2n) is 3.73. The Hall–Kier alpha value is -1.14. The first kappa shape index (κ1) is 14.3. The molecule has 98 valence electrons. The van der Waals surface area contributed by atoms with Gasteiger partial charge >= 0.3 is 0 Å². The van der Waals surface area contributed by atoms with E-state index in [0.717, 1.165) is 0 Å². The van der Waals surface area contributed by atoms with Gasteiger partial charge in [0.25, 0.3) is 0 Å². The summed E-state index contributed by atoms with van der Waals surface area (Å²) < 4.78 is 41.0. The fraction of sp³-hybridized carbons (Fsp3) is 0. The molecule has 0 aromatic heterocycles. The zero-order valence-corrected chi connectivity index (χ0v) is 12.4. The maximum absolute atomic E-state index is 13.5. The molecule has 2 aromatic rings. The second-order valence-corrected chi connectivity index (χ2v) is 5.56. The van der Waals surface area contributed by atoms with Crippen LogP contribution in [0.2, 0.25) is 0 Å². The molecule has 1 nitrogen and oxygen atoms in total. The number of halogens is 5. The van der Waals surface area contributed by atoms with Crippen molar-refractivity contribution in [1.29, 1.82) is 0 Å². The topological polar surface area (TPSA) is 17.1 Å². The van der Waals surface area contributed by atoms with Gasteiger partial charge in [-0.05, 0) is 18.2 Å². The Labute approximate surface area is 123 Å². The highest BCUT2D eigenvalue weighted by Gasteiger charge is 2.21. The molecule has 0 radical (unpaired) electrons. The van der Waals surface area contributed by atoms with Crippen molar-refractivity contribution in [2.24, 2.45) is 0 Å². The summed E-state index contributed by atoms with van der Waals surface area (Å²) in [5.74, 6) is -4.36. The van der Waals surface area contributed by atoms with Crippen LogP contribution in [0.3, 0.4) is 0 Å². The Morgan fingerprint density at radius 3 is 1.79 bits per heavy atom. The van der Waals surface area contributed by atoms with E-state index in [2.05, 4.69) is 31.9 Å². The van der Waals surface area contributed by atoms with Crippen molar-refractivity contribution in [1.82, 2.24) is 0 Å². The van der Waals surface area contributed by atoms with Crippen LogP contribution in [0.5, 0.6) is 0 Å². The molecule has 19 heavy (non-hydrogen) atoms. The van der Waals surface area contributed by atoms with E-state index < -0.39 is 28.8 Å². The third-order valence-electron chi connectivity index (χ3n) is 2.36. The molecule has 0 aliphatic carbocycles. The number of carbonyl (C=O) groups is 1. The Morgan fingerprint density at radius 1 is 0.842 bits per heavy atom. The molecule has 0 unspecified atom stereocenters. The number of carbonyl (C=O) groups excluding carboxylic acids is 1. The van der Waals surface area contributed by atoms with Gasteiger partial charge in [-0.25, -0.2) is 13.2 Å². The number of hydrogen-bond donors (Lipinski definition) is 0. The van der Waals surface area contributed by atoms with Crippen molar-refractivity contribution >= 4 is 37.6 Å². The van der Waals surface area contributed by atoms with Crippen LogP contribution in [0, 0.1) is 17.5 Å². The van der Waals surface area contributed by atoms with Crippen molar-refractivity contribution in [2.45, 2.75) is 0 Å². The lowest BCUT2D eigenvalue weighted by Gasteiger charge is -2.06. The fourth-order valence-electron chi connectivity index (χ4n) is 1.59. The highest BCUT2D eigenvalue weighted by atomic mass is 79.9. The summed E-state index contributed by atoms with van der Waals surface area (Å²) in [5, 5.41) is 0. The molecule has 0 N–H and O–H groups in total. The van der Waals surface area contributed by atoms with E-state index in [9.17, 15) is 18.0 Å². The smallest absolute Gasteiger partial charge is 0.199 e. The molecule has 0 spiro atoms. The number of benzene rings is 2. The minimum Gasteiger partial charge on any atom is -0.288 e. The monoisotopic (exact) mass is 392 g/mol. The van der Waals surface area contributed by atoms with E-state index in [4.69, 9.17) is 0 Å². The summed E-state index contributed by atoms with van der Waals surface area (Å²) in [6.45, 7) is 0. The molecule has 0 saturated heterocycles. The van der Waals surface area contributed by atoms with Crippen LogP contribution >= 0.6 is 31.9 Å². The van der Waals surface area contributed by atoms with E-state index >= 15 is 0 Å². The molecule has 0 heterocycles. The summed E-state index contributed by atoms with van der Waals surface area (Å²) in [6.07, 6.45) is 0. The lowest BCUT2D eigenvalue weighted by atomic mass is 10.0. The highest BCUT2D eigenvalue weighted by molar-refractivity contribution is 9.11. The van der Waals surface area contributed by atoms with Gasteiger partial charge in [-0.1, -0.05) is 31.9 Å².